The van der Waals surface area contributed by atoms with Gasteiger partial charge >= 0.3 is 6.03 Å². The topological polar surface area (TPSA) is 55.1 Å². The SMILES string of the molecule is CCNC(N)=O.CSc1ccccc1. The second-order valence-corrected chi connectivity index (χ2v) is 3.29. The Morgan fingerprint density at radius 1 is 1.43 bits per heavy atom. The Bertz CT molecular complexity index is 252. The van der Waals surface area contributed by atoms with Gasteiger partial charge in [0.05, 0.1) is 0 Å². The molecule has 1 rings (SSSR count). The summed E-state index contributed by atoms with van der Waals surface area (Å²) in [6.45, 7) is 2.42. The highest BCUT2D eigenvalue weighted by Gasteiger charge is 1.80. The zero-order chi connectivity index (χ0) is 10.8. The van der Waals surface area contributed by atoms with Gasteiger partial charge in [0.25, 0.3) is 0 Å². The second kappa shape index (κ2) is 8.44. The standard InChI is InChI=1S/C7H8S.C3H8N2O/c1-8-7-5-3-2-4-6-7;1-2-5-3(4)6/h2-6H,1H3;2H2,1H3,(H3,4,5,6). The lowest BCUT2D eigenvalue weighted by Crippen LogP contribution is -2.28. The van der Waals surface area contributed by atoms with Crippen LogP contribution >= 0.6 is 11.8 Å². The van der Waals surface area contributed by atoms with Gasteiger partial charge in [-0.3, -0.25) is 0 Å². The van der Waals surface area contributed by atoms with Crippen molar-refractivity contribution in [3.05, 3.63) is 30.3 Å². The number of amides is 2. The van der Waals surface area contributed by atoms with E-state index in [1.807, 2.05) is 25.1 Å². The zero-order valence-electron chi connectivity index (χ0n) is 8.49. The van der Waals surface area contributed by atoms with Gasteiger partial charge < -0.3 is 11.1 Å². The maximum absolute atomic E-state index is 9.71. The number of carbonyl (C=O) groups excluding carboxylic acids is 1. The molecular formula is C10H16N2OS. The van der Waals surface area contributed by atoms with Crippen LogP contribution in [0.3, 0.4) is 0 Å². The molecule has 3 N–H and O–H groups in total. The Hall–Kier alpha value is -1.16. The van der Waals surface area contributed by atoms with Crippen LogP contribution in [-0.4, -0.2) is 18.8 Å². The minimum atomic E-state index is -0.461. The van der Waals surface area contributed by atoms with E-state index in [1.165, 1.54) is 4.90 Å². The van der Waals surface area contributed by atoms with Crippen molar-refractivity contribution in [3.63, 3.8) is 0 Å². The number of carbonyl (C=O) groups is 1. The number of nitrogens with one attached hydrogen (secondary N) is 1. The van der Waals surface area contributed by atoms with E-state index in [2.05, 4.69) is 29.4 Å². The van der Waals surface area contributed by atoms with Gasteiger partial charge in [-0.2, -0.15) is 0 Å². The van der Waals surface area contributed by atoms with Gasteiger partial charge in [-0.1, -0.05) is 18.2 Å². The second-order valence-electron chi connectivity index (χ2n) is 2.41. The van der Waals surface area contributed by atoms with Crippen LogP contribution in [0.25, 0.3) is 0 Å². The van der Waals surface area contributed by atoms with Crippen LogP contribution in [0.1, 0.15) is 6.92 Å². The predicted molar refractivity (Wildman–Crippen MR) is 61.5 cm³/mol. The maximum atomic E-state index is 9.71. The number of nitrogens with two attached hydrogens (primary N) is 1. The molecule has 0 aromatic heterocycles. The van der Waals surface area contributed by atoms with Crippen molar-refractivity contribution in [2.45, 2.75) is 11.8 Å². The Morgan fingerprint density at radius 3 is 2.21 bits per heavy atom. The minimum Gasteiger partial charge on any atom is -0.352 e. The molecule has 1 aromatic carbocycles. The van der Waals surface area contributed by atoms with Gasteiger partial charge in [-0.25, -0.2) is 4.79 Å². The van der Waals surface area contributed by atoms with Crippen molar-refractivity contribution >= 4 is 17.8 Å². The summed E-state index contributed by atoms with van der Waals surface area (Å²) in [5.74, 6) is 0. The van der Waals surface area contributed by atoms with Gasteiger partial charge in [-0.15, -0.1) is 11.8 Å². The first kappa shape index (κ1) is 12.8. The largest absolute Gasteiger partial charge is 0.352 e. The molecule has 0 aliphatic heterocycles. The monoisotopic (exact) mass is 212 g/mol. The van der Waals surface area contributed by atoms with Gasteiger partial charge in [0.1, 0.15) is 0 Å². The van der Waals surface area contributed by atoms with Crippen molar-refractivity contribution < 1.29 is 4.79 Å². The fourth-order valence-electron chi connectivity index (χ4n) is 0.731. The highest BCUT2D eigenvalue weighted by atomic mass is 32.2. The number of primary amides is 1. The van der Waals surface area contributed by atoms with Crippen molar-refractivity contribution in [1.29, 1.82) is 0 Å². The number of hydrogen-bond donors (Lipinski definition) is 2. The maximum Gasteiger partial charge on any atom is 0.312 e. The first-order valence-corrected chi connectivity index (χ1v) is 5.55. The molecule has 4 heteroatoms. The molecule has 0 fully saturated rings. The number of benzene rings is 1. The van der Waals surface area contributed by atoms with E-state index in [9.17, 15) is 4.79 Å². The molecule has 0 aliphatic carbocycles. The Labute approximate surface area is 89.1 Å². The van der Waals surface area contributed by atoms with Gasteiger partial charge in [0, 0.05) is 11.4 Å². The zero-order valence-corrected chi connectivity index (χ0v) is 9.30. The summed E-state index contributed by atoms with van der Waals surface area (Å²) in [6, 6.07) is 9.87. The third kappa shape index (κ3) is 7.49. The molecule has 0 unspecified atom stereocenters. The fraction of sp³-hybridized carbons (Fsp3) is 0.300. The summed E-state index contributed by atoms with van der Waals surface area (Å²) in [7, 11) is 0. The Morgan fingerprint density at radius 2 is 2.00 bits per heavy atom. The van der Waals surface area contributed by atoms with Gasteiger partial charge in [0.2, 0.25) is 0 Å². The van der Waals surface area contributed by atoms with Crippen LogP contribution in [-0.2, 0) is 0 Å². The molecule has 0 atom stereocenters. The first-order chi connectivity index (χ1) is 6.70. The Kier molecular flexibility index (Phi) is 7.74. The van der Waals surface area contributed by atoms with E-state index in [0.717, 1.165) is 0 Å². The molecule has 1 aromatic rings. The molecular weight excluding hydrogens is 196 g/mol. The van der Waals surface area contributed by atoms with Crippen LogP contribution in [0.15, 0.2) is 35.2 Å². The predicted octanol–water partition coefficient (Wildman–Crippen LogP) is 2.08. The average Bonchev–Trinajstić information content (AvgIpc) is 2.20. The molecule has 0 saturated carbocycles. The summed E-state index contributed by atoms with van der Waals surface area (Å²) in [5.41, 5.74) is 4.65. The number of rotatable bonds is 2. The third-order valence-corrected chi connectivity index (χ3v) is 2.07. The molecule has 3 nitrogen and oxygen atoms in total. The normalized spacial score (nSPS) is 8.43. The Balaban J connectivity index is 0.000000255. The smallest absolute Gasteiger partial charge is 0.312 e. The van der Waals surface area contributed by atoms with Crippen molar-refractivity contribution in [2.24, 2.45) is 5.73 Å². The minimum absolute atomic E-state index is 0.461. The molecule has 0 spiro atoms. The van der Waals surface area contributed by atoms with Crippen LogP contribution in [0.5, 0.6) is 0 Å². The van der Waals surface area contributed by atoms with Crippen LogP contribution in [0.4, 0.5) is 4.79 Å². The average molecular weight is 212 g/mol. The summed E-state index contributed by atoms with van der Waals surface area (Å²) in [4.78, 5) is 11.0. The molecule has 14 heavy (non-hydrogen) atoms. The number of urea groups is 1. The van der Waals surface area contributed by atoms with Crippen LogP contribution in [0, 0.1) is 0 Å². The van der Waals surface area contributed by atoms with E-state index in [-0.39, 0.29) is 0 Å². The van der Waals surface area contributed by atoms with E-state index in [0.29, 0.717) is 6.54 Å². The summed E-state index contributed by atoms with van der Waals surface area (Å²) >= 11 is 1.77. The van der Waals surface area contributed by atoms with E-state index >= 15 is 0 Å². The number of thioether (sulfide) groups is 1. The van der Waals surface area contributed by atoms with E-state index in [1.54, 1.807) is 11.8 Å². The summed E-state index contributed by atoms with van der Waals surface area (Å²) in [5, 5.41) is 2.35. The highest BCUT2D eigenvalue weighted by Crippen LogP contribution is 2.11. The molecule has 78 valence electrons. The van der Waals surface area contributed by atoms with Crippen LogP contribution in [0.2, 0.25) is 0 Å². The van der Waals surface area contributed by atoms with Crippen molar-refractivity contribution in [3.8, 4) is 0 Å². The third-order valence-electron chi connectivity index (χ3n) is 1.33. The summed E-state index contributed by atoms with van der Waals surface area (Å²) in [6.07, 6.45) is 2.08. The molecule has 0 radical (unpaired) electrons. The molecule has 0 bridgehead atoms. The molecule has 0 saturated heterocycles. The quantitative estimate of drug-likeness (QED) is 0.737. The van der Waals surface area contributed by atoms with Crippen molar-refractivity contribution in [1.82, 2.24) is 5.32 Å². The fourth-order valence-corrected chi connectivity index (χ4v) is 1.16. The lowest BCUT2D eigenvalue weighted by atomic mass is 10.4. The van der Waals surface area contributed by atoms with Gasteiger partial charge in [0.15, 0.2) is 0 Å². The molecule has 0 heterocycles. The van der Waals surface area contributed by atoms with Crippen LogP contribution < -0.4 is 11.1 Å². The lowest BCUT2D eigenvalue weighted by Gasteiger charge is -1.89. The van der Waals surface area contributed by atoms with E-state index in [4.69, 9.17) is 0 Å². The molecule has 0 aliphatic rings. The lowest BCUT2D eigenvalue weighted by molar-refractivity contribution is 0.249. The molecule has 2 amide bonds. The summed E-state index contributed by atoms with van der Waals surface area (Å²) < 4.78 is 0. The van der Waals surface area contributed by atoms with Gasteiger partial charge in [-0.05, 0) is 25.3 Å². The van der Waals surface area contributed by atoms with Crippen molar-refractivity contribution in [2.75, 3.05) is 12.8 Å². The first-order valence-electron chi connectivity index (χ1n) is 4.33. The van der Waals surface area contributed by atoms with E-state index < -0.39 is 6.03 Å². The number of hydrogen-bond acceptors (Lipinski definition) is 2. The highest BCUT2D eigenvalue weighted by molar-refractivity contribution is 7.98.